The molecule has 2 saturated carbocycles. The zero-order valence-corrected chi connectivity index (χ0v) is 26.6. The number of benzene rings is 3. The van der Waals surface area contributed by atoms with Crippen molar-refractivity contribution in [3.05, 3.63) is 101 Å². The lowest BCUT2D eigenvalue weighted by Gasteiger charge is -2.29. The van der Waals surface area contributed by atoms with Crippen molar-refractivity contribution >= 4 is 15.9 Å². The molecule has 3 aromatic rings. The molecule has 0 heterocycles. The van der Waals surface area contributed by atoms with Crippen LogP contribution in [0.2, 0.25) is 0 Å². The summed E-state index contributed by atoms with van der Waals surface area (Å²) in [5.74, 6) is -4.11. The van der Waals surface area contributed by atoms with Crippen LogP contribution in [0.1, 0.15) is 111 Å². The van der Waals surface area contributed by atoms with Gasteiger partial charge < -0.3 is 10.6 Å². The molecule has 45 heavy (non-hydrogen) atoms. The van der Waals surface area contributed by atoms with Crippen LogP contribution in [0.4, 0.5) is 8.78 Å². The van der Waals surface area contributed by atoms with Crippen LogP contribution in [-0.4, -0.2) is 20.4 Å². The van der Waals surface area contributed by atoms with E-state index in [0.717, 1.165) is 30.9 Å². The first-order valence-electron chi connectivity index (χ1n) is 16.3. The molecule has 3 aromatic carbocycles. The van der Waals surface area contributed by atoms with Crippen LogP contribution < -0.4 is 15.4 Å². The zero-order chi connectivity index (χ0) is 31.6. The predicted molar refractivity (Wildman–Crippen MR) is 171 cm³/mol. The van der Waals surface area contributed by atoms with Crippen LogP contribution in [0.5, 0.6) is 0 Å². The van der Waals surface area contributed by atoms with Crippen molar-refractivity contribution in [3.8, 4) is 0 Å². The lowest BCUT2D eigenvalue weighted by Crippen LogP contribution is -2.36. The Bertz CT molecular complexity index is 1600. The van der Waals surface area contributed by atoms with Gasteiger partial charge in [0, 0.05) is 30.0 Å². The molecular formula is C36H43F2N3O3S. The highest BCUT2D eigenvalue weighted by molar-refractivity contribution is 7.89. The van der Waals surface area contributed by atoms with Gasteiger partial charge in [-0.15, -0.1) is 0 Å². The number of fused-ring (bicyclic) bond motifs is 1. The third-order valence-electron chi connectivity index (χ3n) is 9.67. The van der Waals surface area contributed by atoms with Gasteiger partial charge >= 0.3 is 0 Å². The number of amides is 1. The highest BCUT2D eigenvalue weighted by atomic mass is 32.2. The van der Waals surface area contributed by atoms with E-state index in [1.807, 2.05) is 6.07 Å². The normalized spacial score (nSPS) is 20.4. The number of rotatable bonds is 12. The number of nitrogens with one attached hydrogen (secondary N) is 3. The molecule has 9 heteroatoms. The molecule has 0 saturated heterocycles. The standard InChI is InChI=1S/C36H43F2N3O3S/c1-24(39-30-13-5-6-14-30)26-17-20-32-27(21-26)11-7-16-33(32)40-35(42)23-34(25-9-3-2-4-10-25)41-45(43,44)31-15-8-12-29(22-31)36(37,38)28-18-19-28/h2-4,8-10,12,15,17,20-22,24,28,30,33-34,39,41H,5-7,11,13-14,16,18-19,23H2,1H3,(H,40,42)/t24?,33-,34-/m1/s1. The van der Waals surface area contributed by atoms with Crippen LogP contribution in [0.15, 0.2) is 77.7 Å². The fourth-order valence-corrected chi connectivity index (χ4v) is 8.22. The highest BCUT2D eigenvalue weighted by Crippen LogP contribution is 2.49. The molecule has 6 rings (SSSR count). The van der Waals surface area contributed by atoms with Crippen molar-refractivity contribution < 1.29 is 22.0 Å². The minimum absolute atomic E-state index is 0.132. The number of halogens is 2. The second-order valence-corrected chi connectivity index (χ2v) is 14.8. The second kappa shape index (κ2) is 13.3. The van der Waals surface area contributed by atoms with Crippen molar-refractivity contribution in [2.45, 2.75) is 106 Å². The number of hydrogen-bond donors (Lipinski definition) is 3. The van der Waals surface area contributed by atoms with Gasteiger partial charge in [0.25, 0.3) is 5.92 Å². The van der Waals surface area contributed by atoms with E-state index >= 15 is 0 Å². The molecule has 0 bridgehead atoms. The number of carbonyl (C=O) groups is 1. The summed E-state index contributed by atoms with van der Waals surface area (Å²) in [7, 11) is -4.21. The Morgan fingerprint density at radius 3 is 2.38 bits per heavy atom. The van der Waals surface area contributed by atoms with Crippen LogP contribution in [-0.2, 0) is 27.2 Å². The lowest BCUT2D eigenvalue weighted by atomic mass is 9.85. The molecule has 1 unspecified atom stereocenters. The summed E-state index contributed by atoms with van der Waals surface area (Å²) in [5, 5.41) is 6.94. The minimum atomic E-state index is -4.21. The van der Waals surface area contributed by atoms with E-state index in [-0.39, 0.29) is 34.9 Å². The summed E-state index contributed by atoms with van der Waals surface area (Å²) in [6.07, 6.45) is 8.46. The summed E-state index contributed by atoms with van der Waals surface area (Å²) in [6, 6.07) is 20.2. The quantitative estimate of drug-likeness (QED) is 0.194. The third-order valence-corrected chi connectivity index (χ3v) is 11.1. The molecule has 3 N–H and O–H groups in total. The smallest absolute Gasteiger partial charge is 0.276 e. The monoisotopic (exact) mass is 635 g/mol. The summed E-state index contributed by atoms with van der Waals surface area (Å²) in [4.78, 5) is 13.3. The maximum Gasteiger partial charge on any atom is 0.276 e. The first-order chi connectivity index (χ1) is 21.6. The van der Waals surface area contributed by atoms with Crippen molar-refractivity contribution in [2.24, 2.45) is 5.92 Å². The molecule has 3 aliphatic carbocycles. The molecule has 2 fully saturated rings. The molecule has 3 atom stereocenters. The minimum Gasteiger partial charge on any atom is -0.349 e. The number of alkyl halides is 2. The molecule has 0 aliphatic heterocycles. The van der Waals surface area contributed by atoms with Crippen molar-refractivity contribution in [1.29, 1.82) is 0 Å². The topological polar surface area (TPSA) is 87.3 Å². The summed E-state index contributed by atoms with van der Waals surface area (Å²) >= 11 is 0. The van der Waals surface area contributed by atoms with E-state index in [1.165, 1.54) is 55.0 Å². The van der Waals surface area contributed by atoms with E-state index in [0.29, 0.717) is 24.4 Å². The van der Waals surface area contributed by atoms with Gasteiger partial charge in [-0.2, -0.15) is 0 Å². The van der Waals surface area contributed by atoms with Gasteiger partial charge in [-0.05, 0) is 86.3 Å². The van der Waals surface area contributed by atoms with Gasteiger partial charge in [-0.25, -0.2) is 21.9 Å². The molecule has 6 nitrogen and oxygen atoms in total. The Morgan fingerprint density at radius 1 is 0.889 bits per heavy atom. The number of carbonyl (C=O) groups excluding carboxylic acids is 1. The Balaban J connectivity index is 1.16. The fourth-order valence-electron chi connectivity index (χ4n) is 6.95. The molecule has 240 valence electrons. The van der Waals surface area contributed by atoms with Crippen LogP contribution in [0.3, 0.4) is 0 Å². The Hall–Kier alpha value is -3.14. The second-order valence-electron chi connectivity index (χ2n) is 13.1. The Kier molecular flexibility index (Phi) is 9.41. The Morgan fingerprint density at radius 2 is 1.64 bits per heavy atom. The van der Waals surface area contributed by atoms with Crippen molar-refractivity contribution in [1.82, 2.24) is 15.4 Å². The predicted octanol–water partition coefficient (Wildman–Crippen LogP) is 7.39. The molecule has 1 amide bonds. The number of hydrogen-bond acceptors (Lipinski definition) is 4. The zero-order valence-electron chi connectivity index (χ0n) is 25.8. The van der Waals surface area contributed by atoms with Gasteiger partial charge in [0.1, 0.15) is 0 Å². The number of aryl methyl sites for hydroxylation is 1. The van der Waals surface area contributed by atoms with Crippen LogP contribution in [0.25, 0.3) is 0 Å². The van der Waals surface area contributed by atoms with E-state index in [2.05, 4.69) is 40.5 Å². The number of sulfonamides is 1. The van der Waals surface area contributed by atoms with Crippen molar-refractivity contribution in [2.75, 3.05) is 0 Å². The van der Waals surface area contributed by atoms with Gasteiger partial charge in [0.15, 0.2) is 0 Å². The van der Waals surface area contributed by atoms with E-state index in [4.69, 9.17) is 0 Å². The molecule has 0 radical (unpaired) electrons. The average Bonchev–Trinajstić information content (AvgIpc) is 3.79. The van der Waals surface area contributed by atoms with E-state index < -0.39 is 27.9 Å². The van der Waals surface area contributed by atoms with Crippen LogP contribution >= 0.6 is 0 Å². The molecule has 0 spiro atoms. The van der Waals surface area contributed by atoms with Gasteiger partial charge in [-0.1, -0.05) is 73.5 Å². The van der Waals surface area contributed by atoms with Crippen LogP contribution in [0, 0.1) is 5.92 Å². The highest BCUT2D eigenvalue weighted by Gasteiger charge is 2.48. The van der Waals surface area contributed by atoms with Gasteiger partial charge in [0.05, 0.1) is 17.0 Å². The summed E-state index contributed by atoms with van der Waals surface area (Å²) in [5.41, 5.74) is 3.92. The maximum absolute atomic E-state index is 14.8. The van der Waals surface area contributed by atoms with Crippen molar-refractivity contribution in [3.63, 3.8) is 0 Å². The fraction of sp³-hybridized carbons (Fsp3) is 0.472. The molecule has 0 aromatic heterocycles. The van der Waals surface area contributed by atoms with Gasteiger partial charge in [-0.3, -0.25) is 4.79 Å². The largest absolute Gasteiger partial charge is 0.349 e. The SMILES string of the molecule is CC(NC1CCCC1)c1ccc2c(c1)CCC[C@H]2NC(=O)C[C@@H](NS(=O)(=O)c1cccc(C(F)(F)C2CC2)c1)c1ccccc1. The molecular weight excluding hydrogens is 592 g/mol. The average molecular weight is 636 g/mol. The van der Waals surface area contributed by atoms with Gasteiger partial charge in [0.2, 0.25) is 15.9 Å². The summed E-state index contributed by atoms with van der Waals surface area (Å²) in [6.45, 7) is 2.21. The van der Waals surface area contributed by atoms with E-state index in [9.17, 15) is 22.0 Å². The van der Waals surface area contributed by atoms with E-state index in [1.54, 1.807) is 24.3 Å². The maximum atomic E-state index is 14.8. The third kappa shape index (κ3) is 7.47. The lowest BCUT2D eigenvalue weighted by molar-refractivity contribution is -0.122. The Labute approximate surface area is 265 Å². The molecule has 3 aliphatic rings. The summed E-state index contributed by atoms with van der Waals surface area (Å²) < 4.78 is 59.3. The first kappa shape index (κ1) is 31.8. The first-order valence-corrected chi connectivity index (χ1v) is 17.8.